The minimum atomic E-state index is -2.02. The van der Waals surface area contributed by atoms with Crippen molar-refractivity contribution in [2.45, 2.75) is 20.8 Å². The van der Waals surface area contributed by atoms with Crippen molar-refractivity contribution in [2.24, 2.45) is 0 Å². The molecule has 0 unspecified atom stereocenters. The molecule has 17 nitrogen and oxygen atoms in total. The Morgan fingerprint density at radius 3 is 0.730 bits per heavy atom. The number of hydrogen-bond donors (Lipinski definition) is 0. The van der Waals surface area contributed by atoms with Gasteiger partial charge >= 0.3 is 0 Å². The van der Waals surface area contributed by atoms with Crippen LogP contribution in [0.25, 0.3) is 128 Å². The van der Waals surface area contributed by atoms with Gasteiger partial charge in [-0.1, -0.05) is 109 Å². The molecule has 12 aromatic carbocycles. The summed E-state index contributed by atoms with van der Waals surface area (Å²) < 4.78 is 291. The van der Waals surface area contributed by atoms with Crippen LogP contribution in [-0.4, -0.2) is 0 Å². The highest BCUT2D eigenvalue weighted by Gasteiger charge is 2.34. The van der Waals surface area contributed by atoms with Gasteiger partial charge in [0.05, 0.1) is 133 Å². The summed E-state index contributed by atoms with van der Waals surface area (Å²) in [5.41, 5.74) is -16.6. The molecule has 0 aromatic heterocycles. The van der Waals surface area contributed by atoms with E-state index < -0.39 is 195 Å². The maximum Gasteiger partial charge on any atom is 0.268 e. The van der Waals surface area contributed by atoms with Crippen LogP contribution < -0.4 is 41.7 Å². The fourth-order valence-electron chi connectivity index (χ4n) is 13.2. The van der Waals surface area contributed by atoms with Gasteiger partial charge in [-0.2, -0.15) is 26.3 Å². The van der Waals surface area contributed by atoms with E-state index in [1.807, 2.05) is 0 Å². The Balaban J connectivity index is 0.000000205. The summed E-state index contributed by atoms with van der Waals surface area (Å²) in [5, 5.41) is 83.6. The summed E-state index contributed by atoms with van der Waals surface area (Å²) in [6.45, 7) is 60.1. The highest BCUT2D eigenvalue weighted by atomic mass is 19.2. The Bertz CT molecular complexity index is 8340. The van der Waals surface area contributed by atoms with Crippen LogP contribution in [0.4, 0.5) is 111 Å². The van der Waals surface area contributed by atoms with E-state index >= 15 is 0 Å². The second kappa shape index (κ2) is 42.6. The van der Waals surface area contributed by atoms with Crippen molar-refractivity contribution in [1.82, 2.24) is 0 Å². The molecule has 0 atom stereocenters. The van der Waals surface area contributed by atoms with Gasteiger partial charge in [-0.25, -0.2) is 148 Å². The van der Waals surface area contributed by atoms with Crippen LogP contribution in [0.3, 0.4) is 0 Å². The Hall–Kier alpha value is -20.5. The summed E-state index contributed by atoms with van der Waals surface area (Å²) in [4.78, 5) is 22.0. The standard InChI is InChI=1S/C25H6F5N5.3C25H9F5N4/c1-34-19(11-33)13-4-5-14(15(8-13)16-7-12(9-31)3-6-18(16)26)17(10-32)20-21(27)23(29)25(35-2)24(30)22(20)28;2*1-12-4-6-15(18(26)8-12)16-9-13(19(11-32)33-2)5-7-14(16)17(10-31)20-21(27)23(29)25(34-3)24(30)22(20)28;1-12-4-5-13(9-18(12)26)16-8-14(19(11-32)33-2)6-7-15(16)17(10-31)20-21(27)23(29)25(34-3)24(30)22(20)28/h3-8H;3*4-9H,1H3/b3*17-14+,19-13+;17-15+,19-14+. The average molecular weight is 1850 g/mol. The zero-order valence-electron chi connectivity index (χ0n) is 68.5. The third-order valence-electron chi connectivity index (χ3n) is 19.7. The molecular formula is C100H33F20N17. The molecule has 12 rings (SSSR count). The summed E-state index contributed by atoms with van der Waals surface area (Å²) in [6, 6.07) is 42.9. The summed E-state index contributed by atoms with van der Waals surface area (Å²) in [7, 11) is 0. The lowest BCUT2D eigenvalue weighted by atomic mass is 9.94. The van der Waals surface area contributed by atoms with Crippen LogP contribution in [-0.2, 0) is 0 Å². The molecule has 658 valence electrons. The van der Waals surface area contributed by atoms with Crippen LogP contribution in [0.1, 0.15) is 44.5 Å². The summed E-state index contributed by atoms with van der Waals surface area (Å²) in [6.07, 6.45) is 0. The third-order valence-corrected chi connectivity index (χ3v) is 19.7. The molecule has 0 amide bonds. The van der Waals surface area contributed by atoms with E-state index in [2.05, 4.69) is 38.8 Å². The Morgan fingerprint density at radius 2 is 0.496 bits per heavy atom. The van der Waals surface area contributed by atoms with Gasteiger partial charge in [0.2, 0.25) is 0 Å². The average Bonchev–Trinajstić information content (AvgIpc) is 0.762. The third kappa shape index (κ3) is 19.3. The fraction of sp³-hybridized carbons (Fsp3) is 0.0300. The summed E-state index contributed by atoms with van der Waals surface area (Å²) >= 11 is 0. The molecule has 0 aliphatic heterocycles. The van der Waals surface area contributed by atoms with Gasteiger partial charge in [0.15, 0.2) is 93.1 Å². The van der Waals surface area contributed by atoms with Crippen LogP contribution in [0.15, 0.2) is 146 Å². The van der Waals surface area contributed by atoms with E-state index in [9.17, 15) is 135 Å². The van der Waals surface area contributed by atoms with Crippen LogP contribution >= 0.6 is 0 Å². The molecule has 0 heterocycles. The minimum Gasteiger partial charge on any atom is -0.232 e. The quantitative estimate of drug-likeness (QED) is 0.0796. The number of aryl methyl sites for hydroxylation is 3. The van der Waals surface area contributed by atoms with E-state index in [1.54, 1.807) is 44.2 Å². The number of rotatable bonds is 8. The van der Waals surface area contributed by atoms with Gasteiger partial charge in [0.25, 0.3) is 45.5 Å². The molecule has 12 aromatic rings. The highest BCUT2D eigenvalue weighted by molar-refractivity contribution is 5.88. The monoisotopic (exact) mass is 1850 g/mol. The first kappa shape index (κ1) is 100. The number of benzene rings is 12. The molecule has 0 spiro atoms. The van der Waals surface area contributed by atoms with Gasteiger partial charge in [0, 0.05) is 37.6 Å². The second-order valence-corrected chi connectivity index (χ2v) is 27.4. The maximum atomic E-state index is 14.8. The predicted molar refractivity (Wildman–Crippen MR) is 448 cm³/mol. The lowest BCUT2D eigenvalue weighted by molar-refractivity contribution is 0.457. The molecule has 0 aliphatic carbocycles. The van der Waals surface area contributed by atoms with Crippen molar-refractivity contribution in [3.05, 3.63) is 440 Å². The highest BCUT2D eigenvalue weighted by Crippen LogP contribution is 2.40. The van der Waals surface area contributed by atoms with Crippen molar-refractivity contribution in [2.75, 3.05) is 0 Å². The molecule has 137 heavy (non-hydrogen) atoms. The summed E-state index contributed by atoms with van der Waals surface area (Å²) in [5.74, 6) is -34.9. The lowest BCUT2D eigenvalue weighted by Gasteiger charge is -2.11. The molecule has 37 heteroatoms. The number of nitrogens with zero attached hydrogens (tertiary/aromatic N) is 17. The van der Waals surface area contributed by atoms with Gasteiger partial charge in [-0.15, -0.1) is 0 Å². The van der Waals surface area contributed by atoms with Gasteiger partial charge < -0.3 is 0 Å². The first-order chi connectivity index (χ1) is 65.3. The van der Waals surface area contributed by atoms with Crippen LogP contribution in [0, 0.1) is 292 Å². The van der Waals surface area contributed by atoms with E-state index in [-0.39, 0.29) is 109 Å². The van der Waals surface area contributed by atoms with Crippen molar-refractivity contribution >= 4 is 67.8 Å². The molecular weight excluding hydrogens is 1820 g/mol. The first-order valence-corrected chi connectivity index (χ1v) is 37.0. The van der Waals surface area contributed by atoms with Crippen molar-refractivity contribution in [3.8, 4) is 99.1 Å². The number of nitriles is 9. The van der Waals surface area contributed by atoms with Gasteiger partial charge in [-0.3, -0.25) is 0 Å². The fourth-order valence-corrected chi connectivity index (χ4v) is 13.2. The molecule has 0 aliphatic rings. The number of hydrogen-bond acceptors (Lipinski definition) is 9. The van der Waals surface area contributed by atoms with Crippen molar-refractivity contribution in [1.29, 1.82) is 47.4 Å². The molecule has 0 bridgehead atoms. The molecule has 0 radical (unpaired) electrons. The normalized spacial score (nSPS) is 12.0. The Labute approximate surface area is 758 Å². The first-order valence-electron chi connectivity index (χ1n) is 37.0. The minimum absolute atomic E-state index is 0.0233. The Morgan fingerprint density at radius 1 is 0.234 bits per heavy atom. The molecule has 0 saturated heterocycles. The molecule has 0 saturated carbocycles. The van der Waals surface area contributed by atoms with Crippen molar-refractivity contribution in [3.63, 3.8) is 0 Å². The molecule has 0 fully saturated rings. The SMILES string of the molecule is [C-]#[N+]/C(C#N)=c1\cc/c(=C(/C#N)c2c(F)c(F)c([N+]#[C-])c(F)c2F)c(-c2cc(C#N)ccc2F)c1.[C-]#[N+]/C(C#N)=c1\cc/c(=C(/C#N)c2c(F)c(F)c([N+]#[C-])c(F)c2F)c(-c2ccc(C)c(F)c2)c1.[C-]#[N+]/C(C#N)=c1\cc/c(=C(/C#N)c2c(F)c(F)c([N+]#[C-])c(F)c2F)c(-c2ccc(C)cc2F)c1.[C-]#[N+]/C(C#N)=c1\cc/c(=C(/C#N)c2c(F)c(F)c([N+]#[C-])c(F)c2F)c(-c2ccc(C)cc2F)c1. The zero-order chi connectivity index (χ0) is 101. The largest absolute Gasteiger partial charge is 0.268 e. The van der Waals surface area contributed by atoms with Crippen LogP contribution in [0.2, 0.25) is 0 Å². The van der Waals surface area contributed by atoms with E-state index in [1.165, 1.54) is 91.9 Å². The zero-order valence-corrected chi connectivity index (χ0v) is 68.5. The van der Waals surface area contributed by atoms with E-state index in [0.717, 1.165) is 84.9 Å². The Kier molecular flexibility index (Phi) is 31.2. The van der Waals surface area contributed by atoms with Gasteiger partial charge in [-0.05, 0) is 123 Å². The second-order valence-electron chi connectivity index (χ2n) is 27.4. The predicted octanol–water partition coefficient (Wildman–Crippen LogP) is 20.3. The van der Waals surface area contributed by atoms with Crippen LogP contribution in [0.5, 0.6) is 0 Å². The van der Waals surface area contributed by atoms with Crippen molar-refractivity contribution < 1.29 is 87.8 Å². The topological polar surface area (TPSA) is 249 Å². The van der Waals surface area contributed by atoms with Gasteiger partial charge in [0.1, 0.15) is 47.5 Å². The lowest BCUT2D eigenvalue weighted by Crippen LogP contribution is -2.18. The maximum absolute atomic E-state index is 14.8. The molecule has 0 N–H and O–H groups in total. The smallest absolute Gasteiger partial charge is 0.232 e. The number of halogens is 20. The van der Waals surface area contributed by atoms with E-state index in [4.69, 9.17) is 52.6 Å². The van der Waals surface area contributed by atoms with E-state index in [0.29, 0.717) is 11.1 Å².